The highest BCUT2D eigenvalue weighted by Gasteiger charge is 2.30. The van der Waals surface area contributed by atoms with Gasteiger partial charge in [-0.15, -0.1) is 0 Å². The van der Waals surface area contributed by atoms with Crippen LogP contribution < -0.4 is 0 Å². The van der Waals surface area contributed by atoms with Gasteiger partial charge in [0.05, 0.1) is 0 Å². The fourth-order valence-electron chi connectivity index (χ4n) is 2.31. The summed E-state index contributed by atoms with van der Waals surface area (Å²) in [5.74, 6) is 0.589. The monoisotopic (exact) mass is 249 g/mol. The first-order chi connectivity index (χ1) is 8.70. The number of likely N-dealkylation sites (tertiary alicyclic amines) is 1. The number of hydrogen-bond acceptors (Lipinski definition) is 3. The van der Waals surface area contributed by atoms with Crippen molar-refractivity contribution in [1.82, 2.24) is 4.90 Å². The summed E-state index contributed by atoms with van der Waals surface area (Å²) in [7, 11) is 1.66. The molecule has 1 amide bonds. The molecule has 18 heavy (non-hydrogen) atoms. The second kappa shape index (κ2) is 5.87. The predicted octanol–water partition coefficient (Wildman–Crippen LogP) is 1.78. The van der Waals surface area contributed by atoms with E-state index in [1.165, 1.54) is 0 Å². The van der Waals surface area contributed by atoms with Gasteiger partial charge >= 0.3 is 0 Å². The van der Waals surface area contributed by atoms with Gasteiger partial charge in [0.15, 0.2) is 0 Å². The normalized spacial score (nSPS) is 19.5. The Bertz CT molecular complexity index is 402. The summed E-state index contributed by atoms with van der Waals surface area (Å²) in [5.41, 5.74) is 1.05. The molecule has 0 unspecified atom stereocenters. The predicted molar refractivity (Wildman–Crippen MR) is 68.1 cm³/mol. The van der Waals surface area contributed by atoms with Crippen LogP contribution in [0.4, 0.5) is 0 Å². The van der Waals surface area contributed by atoms with Crippen molar-refractivity contribution in [2.45, 2.75) is 19.4 Å². The van der Waals surface area contributed by atoms with Crippen molar-refractivity contribution in [3.05, 3.63) is 29.8 Å². The minimum Gasteiger partial charge on any atom is -0.508 e. The summed E-state index contributed by atoms with van der Waals surface area (Å²) in [6.07, 6.45) is 1.72. The van der Waals surface area contributed by atoms with E-state index in [4.69, 9.17) is 4.74 Å². The van der Waals surface area contributed by atoms with Gasteiger partial charge in [0.25, 0.3) is 0 Å². The quantitative estimate of drug-likeness (QED) is 0.865. The molecule has 0 radical (unpaired) electrons. The van der Waals surface area contributed by atoms with Crippen LogP contribution in [0, 0.1) is 5.92 Å². The maximum absolute atomic E-state index is 12.1. The standard InChI is InChI=1S/C14H19NO3/c1-18-9-7-12-6-8-15(14(12)17)10-11-2-4-13(16)5-3-11/h2-5,12,16H,6-10H2,1H3/t12-/m1/s1. The number of carbonyl (C=O) groups excluding carboxylic acids is 1. The van der Waals surface area contributed by atoms with Crippen molar-refractivity contribution in [2.24, 2.45) is 5.92 Å². The fraction of sp³-hybridized carbons (Fsp3) is 0.500. The smallest absolute Gasteiger partial charge is 0.226 e. The molecule has 4 heteroatoms. The number of benzene rings is 1. The minimum atomic E-state index is 0.113. The van der Waals surface area contributed by atoms with E-state index < -0.39 is 0 Å². The molecule has 2 rings (SSSR count). The lowest BCUT2D eigenvalue weighted by atomic mass is 10.1. The summed E-state index contributed by atoms with van der Waals surface area (Å²) in [6.45, 7) is 2.08. The van der Waals surface area contributed by atoms with Crippen LogP contribution in [0.25, 0.3) is 0 Å². The zero-order valence-electron chi connectivity index (χ0n) is 10.6. The molecule has 1 fully saturated rings. The minimum absolute atomic E-state index is 0.113. The first-order valence-electron chi connectivity index (χ1n) is 6.26. The number of carbonyl (C=O) groups is 1. The third kappa shape index (κ3) is 3.01. The summed E-state index contributed by atoms with van der Waals surface area (Å²) < 4.78 is 5.02. The molecule has 0 aliphatic carbocycles. The molecule has 0 spiro atoms. The highest BCUT2D eigenvalue weighted by molar-refractivity contribution is 5.80. The van der Waals surface area contributed by atoms with Gasteiger partial charge in [-0.05, 0) is 30.5 Å². The first-order valence-corrected chi connectivity index (χ1v) is 6.26. The Morgan fingerprint density at radius 2 is 2.11 bits per heavy atom. The summed E-state index contributed by atoms with van der Waals surface area (Å²) in [6, 6.07) is 7.01. The number of methoxy groups -OCH3 is 1. The Kier molecular flexibility index (Phi) is 4.20. The summed E-state index contributed by atoms with van der Waals surface area (Å²) in [5, 5.41) is 9.21. The van der Waals surface area contributed by atoms with E-state index in [0.29, 0.717) is 13.2 Å². The zero-order valence-corrected chi connectivity index (χ0v) is 10.6. The second-order valence-corrected chi connectivity index (χ2v) is 4.69. The van der Waals surface area contributed by atoms with Crippen LogP contribution in [-0.2, 0) is 16.1 Å². The molecule has 1 aliphatic heterocycles. The van der Waals surface area contributed by atoms with Gasteiger partial charge in [-0.25, -0.2) is 0 Å². The fourth-order valence-corrected chi connectivity index (χ4v) is 2.31. The van der Waals surface area contributed by atoms with Crippen LogP contribution in [0.2, 0.25) is 0 Å². The number of nitrogens with zero attached hydrogens (tertiary/aromatic N) is 1. The molecule has 0 bridgehead atoms. The highest BCUT2D eigenvalue weighted by Crippen LogP contribution is 2.23. The second-order valence-electron chi connectivity index (χ2n) is 4.69. The Morgan fingerprint density at radius 1 is 1.39 bits per heavy atom. The van der Waals surface area contributed by atoms with Crippen molar-refractivity contribution in [2.75, 3.05) is 20.3 Å². The molecule has 1 aromatic rings. The largest absolute Gasteiger partial charge is 0.508 e. The van der Waals surface area contributed by atoms with Gasteiger partial charge in [-0.2, -0.15) is 0 Å². The molecule has 1 heterocycles. The lowest BCUT2D eigenvalue weighted by Gasteiger charge is -2.16. The Balaban J connectivity index is 1.91. The van der Waals surface area contributed by atoms with Gasteiger partial charge in [0, 0.05) is 32.7 Å². The SMILES string of the molecule is COCC[C@H]1CCN(Cc2ccc(O)cc2)C1=O. The van der Waals surface area contributed by atoms with Gasteiger partial charge in [-0.1, -0.05) is 12.1 Å². The molecule has 98 valence electrons. The molecule has 0 aromatic heterocycles. The van der Waals surface area contributed by atoms with Crippen LogP contribution in [0.15, 0.2) is 24.3 Å². The van der Waals surface area contributed by atoms with E-state index in [1.807, 2.05) is 17.0 Å². The molecule has 1 atom stereocenters. The van der Waals surface area contributed by atoms with Crippen molar-refractivity contribution >= 4 is 5.91 Å². The summed E-state index contributed by atoms with van der Waals surface area (Å²) >= 11 is 0. The Hall–Kier alpha value is -1.55. The molecule has 0 saturated carbocycles. The average molecular weight is 249 g/mol. The van der Waals surface area contributed by atoms with Crippen LogP contribution in [0.1, 0.15) is 18.4 Å². The van der Waals surface area contributed by atoms with E-state index in [0.717, 1.165) is 24.9 Å². The number of ether oxygens (including phenoxy) is 1. The number of hydrogen-bond donors (Lipinski definition) is 1. The lowest BCUT2D eigenvalue weighted by Crippen LogP contribution is -2.27. The topological polar surface area (TPSA) is 49.8 Å². The average Bonchev–Trinajstić information content (AvgIpc) is 2.71. The van der Waals surface area contributed by atoms with Crippen LogP contribution in [0.5, 0.6) is 5.75 Å². The highest BCUT2D eigenvalue weighted by atomic mass is 16.5. The maximum Gasteiger partial charge on any atom is 0.226 e. The number of phenolic OH excluding ortho intramolecular Hbond substituents is 1. The van der Waals surface area contributed by atoms with Crippen LogP contribution >= 0.6 is 0 Å². The van der Waals surface area contributed by atoms with Crippen molar-refractivity contribution < 1.29 is 14.6 Å². The van der Waals surface area contributed by atoms with Gasteiger partial charge < -0.3 is 14.7 Å². The molecule has 1 N–H and O–H groups in total. The molecular formula is C14H19NO3. The molecule has 1 aliphatic rings. The van der Waals surface area contributed by atoms with Gasteiger partial charge in [0.1, 0.15) is 5.75 Å². The number of amides is 1. The molecular weight excluding hydrogens is 230 g/mol. The Labute approximate surface area is 107 Å². The van der Waals surface area contributed by atoms with Gasteiger partial charge in [0.2, 0.25) is 5.91 Å². The molecule has 1 aromatic carbocycles. The van der Waals surface area contributed by atoms with E-state index in [9.17, 15) is 9.90 Å². The van der Waals surface area contributed by atoms with E-state index in [1.54, 1.807) is 19.2 Å². The van der Waals surface area contributed by atoms with Gasteiger partial charge in [-0.3, -0.25) is 4.79 Å². The number of phenols is 1. The van der Waals surface area contributed by atoms with E-state index in [-0.39, 0.29) is 17.6 Å². The third-order valence-electron chi connectivity index (χ3n) is 3.39. The lowest BCUT2D eigenvalue weighted by molar-refractivity contribution is -0.131. The van der Waals surface area contributed by atoms with E-state index >= 15 is 0 Å². The summed E-state index contributed by atoms with van der Waals surface area (Å²) in [4.78, 5) is 14.0. The van der Waals surface area contributed by atoms with Crippen LogP contribution in [0.3, 0.4) is 0 Å². The first kappa shape index (κ1) is 12.9. The van der Waals surface area contributed by atoms with Crippen molar-refractivity contribution in [3.8, 4) is 5.75 Å². The molecule has 4 nitrogen and oxygen atoms in total. The van der Waals surface area contributed by atoms with Crippen molar-refractivity contribution in [1.29, 1.82) is 0 Å². The maximum atomic E-state index is 12.1. The van der Waals surface area contributed by atoms with Crippen molar-refractivity contribution in [3.63, 3.8) is 0 Å². The molecule has 1 saturated heterocycles. The van der Waals surface area contributed by atoms with E-state index in [2.05, 4.69) is 0 Å². The van der Waals surface area contributed by atoms with Crippen LogP contribution in [-0.4, -0.2) is 36.2 Å². The third-order valence-corrected chi connectivity index (χ3v) is 3.39. The number of rotatable bonds is 5. The Morgan fingerprint density at radius 3 is 2.78 bits per heavy atom. The number of aromatic hydroxyl groups is 1. The zero-order chi connectivity index (χ0) is 13.0.